The maximum absolute atomic E-state index is 6.82. The molecule has 11 heavy (non-hydrogen) atoms. The molecule has 0 saturated carbocycles. The Hall–Kier alpha value is -1.38. The third-order valence-electron chi connectivity index (χ3n) is 1.01. The average molecular weight is 152 g/mol. The molecule has 0 saturated heterocycles. The van der Waals surface area contributed by atoms with Gasteiger partial charge in [0.15, 0.2) is 5.76 Å². The van der Waals surface area contributed by atoms with Gasteiger partial charge in [-0.3, -0.25) is 0 Å². The van der Waals surface area contributed by atoms with Gasteiger partial charge in [0, 0.05) is 11.8 Å². The third kappa shape index (κ3) is 2.37. The number of hydrogen-bond donors (Lipinski definition) is 2. The van der Waals surface area contributed by atoms with E-state index in [4.69, 9.17) is 15.2 Å². The van der Waals surface area contributed by atoms with Crippen LogP contribution >= 0.6 is 0 Å². The molecule has 0 atom stereocenters. The van der Waals surface area contributed by atoms with Crippen molar-refractivity contribution in [2.24, 2.45) is 0 Å². The fourth-order valence-corrected chi connectivity index (χ4v) is 0.567. The summed E-state index contributed by atoms with van der Waals surface area (Å²) in [6, 6.07) is 1.65. The van der Waals surface area contributed by atoms with Crippen molar-refractivity contribution in [1.82, 2.24) is 0 Å². The van der Waals surface area contributed by atoms with Crippen LogP contribution in [0, 0.1) is 10.8 Å². The fraction of sp³-hybridized carbons (Fsp3) is 0.250. The average Bonchev–Trinajstić information content (AvgIpc) is 2.54. The van der Waals surface area contributed by atoms with Crippen LogP contribution in [0.25, 0.3) is 0 Å². The molecule has 1 rings (SSSR count). The number of nitrogens with one attached hydrogen (secondary N) is 2. The Morgan fingerprint density at radius 1 is 1.27 bits per heavy atom. The SMILES string of the molecule is CC.N=Cc1ccoc1C=N. The van der Waals surface area contributed by atoms with Crippen molar-refractivity contribution in [1.29, 1.82) is 10.8 Å². The quantitative estimate of drug-likeness (QED) is 0.627. The molecule has 0 aliphatic rings. The van der Waals surface area contributed by atoms with Gasteiger partial charge in [0.25, 0.3) is 0 Å². The third-order valence-corrected chi connectivity index (χ3v) is 1.01. The standard InChI is InChI=1S/C6H6N2O.C2H6/c7-3-5-1-2-9-6(5)4-8;1-2/h1-4,7-8H;1-2H3. The molecule has 3 nitrogen and oxygen atoms in total. The Kier molecular flexibility index (Phi) is 4.73. The van der Waals surface area contributed by atoms with Crippen molar-refractivity contribution in [2.45, 2.75) is 13.8 Å². The van der Waals surface area contributed by atoms with Crippen LogP contribution in [0.3, 0.4) is 0 Å². The summed E-state index contributed by atoms with van der Waals surface area (Å²) in [5.41, 5.74) is 0.644. The molecule has 2 N–H and O–H groups in total. The van der Waals surface area contributed by atoms with Gasteiger partial charge in [0.05, 0.1) is 12.5 Å². The van der Waals surface area contributed by atoms with Gasteiger partial charge >= 0.3 is 0 Å². The monoisotopic (exact) mass is 152 g/mol. The minimum absolute atomic E-state index is 0.435. The Labute approximate surface area is 66.1 Å². The highest BCUT2D eigenvalue weighted by molar-refractivity contribution is 5.89. The molecule has 0 aliphatic heterocycles. The van der Waals surface area contributed by atoms with Gasteiger partial charge in [-0.05, 0) is 6.07 Å². The van der Waals surface area contributed by atoms with Crippen LogP contribution in [0.5, 0.6) is 0 Å². The van der Waals surface area contributed by atoms with E-state index < -0.39 is 0 Å². The van der Waals surface area contributed by atoms with Crippen molar-refractivity contribution in [3.63, 3.8) is 0 Å². The molecule has 3 heteroatoms. The molecule has 0 fully saturated rings. The van der Waals surface area contributed by atoms with Crippen LogP contribution < -0.4 is 0 Å². The van der Waals surface area contributed by atoms with E-state index in [1.807, 2.05) is 13.8 Å². The zero-order valence-electron chi connectivity index (χ0n) is 6.72. The highest BCUT2D eigenvalue weighted by atomic mass is 16.3. The molecule has 0 unspecified atom stereocenters. The molecule has 1 heterocycles. The largest absolute Gasteiger partial charge is 0.463 e. The van der Waals surface area contributed by atoms with Crippen LogP contribution in [-0.2, 0) is 0 Å². The number of hydrogen-bond acceptors (Lipinski definition) is 3. The van der Waals surface area contributed by atoms with E-state index in [9.17, 15) is 0 Å². The smallest absolute Gasteiger partial charge is 0.152 e. The molecular formula is C8H12N2O. The fourth-order valence-electron chi connectivity index (χ4n) is 0.567. The summed E-state index contributed by atoms with van der Waals surface area (Å²) in [6.07, 6.45) is 3.70. The molecule has 0 amide bonds. The van der Waals surface area contributed by atoms with Crippen LogP contribution in [0.4, 0.5) is 0 Å². The van der Waals surface area contributed by atoms with E-state index in [1.54, 1.807) is 6.07 Å². The lowest BCUT2D eigenvalue weighted by atomic mass is 10.3. The minimum Gasteiger partial charge on any atom is -0.463 e. The van der Waals surface area contributed by atoms with Gasteiger partial charge in [-0.2, -0.15) is 0 Å². The van der Waals surface area contributed by atoms with E-state index in [0.717, 1.165) is 12.4 Å². The molecule has 60 valence electrons. The van der Waals surface area contributed by atoms with Crippen molar-refractivity contribution < 1.29 is 4.42 Å². The lowest BCUT2D eigenvalue weighted by molar-refractivity contribution is 0.559. The summed E-state index contributed by atoms with van der Waals surface area (Å²) >= 11 is 0. The van der Waals surface area contributed by atoms with E-state index in [2.05, 4.69) is 0 Å². The van der Waals surface area contributed by atoms with Gasteiger partial charge < -0.3 is 15.2 Å². The summed E-state index contributed by atoms with van der Waals surface area (Å²) in [4.78, 5) is 0. The number of furan rings is 1. The lowest BCUT2D eigenvalue weighted by Gasteiger charge is -1.81. The topological polar surface area (TPSA) is 60.8 Å². The highest BCUT2D eigenvalue weighted by Crippen LogP contribution is 2.03. The molecule has 0 bridgehead atoms. The molecule has 1 aromatic heterocycles. The second-order valence-electron chi connectivity index (χ2n) is 1.53. The Balaban J connectivity index is 0.000000461. The Bertz CT molecular complexity index is 205. The second kappa shape index (κ2) is 5.41. The molecule has 0 aliphatic carbocycles. The van der Waals surface area contributed by atoms with Crippen molar-refractivity contribution >= 4 is 12.4 Å². The molecular weight excluding hydrogens is 140 g/mol. The Morgan fingerprint density at radius 2 is 1.91 bits per heavy atom. The molecule has 1 aromatic rings. The summed E-state index contributed by atoms with van der Waals surface area (Å²) < 4.78 is 4.81. The molecule has 0 spiro atoms. The second-order valence-corrected chi connectivity index (χ2v) is 1.53. The minimum atomic E-state index is 0.435. The van der Waals surface area contributed by atoms with Crippen LogP contribution in [-0.4, -0.2) is 12.4 Å². The van der Waals surface area contributed by atoms with E-state index in [1.165, 1.54) is 6.26 Å². The number of rotatable bonds is 2. The van der Waals surface area contributed by atoms with Crippen LogP contribution in [0.2, 0.25) is 0 Å². The van der Waals surface area contributed by atoms with E-state index in [0.29, 0.717) is 11.3 Å². The van der Waals surface area contributed by atoms with Gasteiger partial charge in [0.2, 0.25) is 0 Å². The van der Waals surface area contributed by atoms with Crippen molar-refractivity contribution in [3.8, 4) is 0 Å². The Morgan fingerprint density at radius 3 is 2.27 bits per heavy atom. The first-order chi connectivity index (χ1) is 5.38. The first-order valence-electron chi connectivity index (χ1n) is 3.47. The maximum atomic E-state index is 6.82. The summed E-state index contributed by atoms with van der Waals surface area (Å²) in [5.74, 6) is 0.435. The van der Waals surface area contributed by atoms with E-state index >= 15 is 0 Å². The van der Waals surface area contributed by atoms with Crippen LogP contribution in [0.15, 0.2) is 16.7 Å². The van der Waals surface area contributed by atoms with Gasteiger partial charge in [-0.1, -0.05) is 13.8 Å². The summed E-state index contributed by atoms with van der Waals surface area (Å²) in [6.45, 7) is 4.00. The summed E-state index contributed by atoms with van der Waals surface area (Å²) in [5, 5.41) is 13.6. The predicted octanol–water partition coefficient (Wildman–Crippen LogP) is 2.30. The van der Waals surface area contributed by atoms with Gasteiger partial charge in [-0.15, -0.1) is 0 Å². The predicted molar refractivity (Wildman–Crippen MR) is 45.8 cm³/mol. The highest BCUT2D eigenvalue weighted by Gasteiger charge is 1.96. The normalized spacial score (nSPS) is 7.82. The van der Waals surface area contributed by atoms with Gasteiger partial charge in [-0.25, -0.2) is 0 Å². The maximum Gasteiger partial charge on any atom is 0.152 e. The van der Waals surface area contributed by atoms with E-state index in [-0.39, 0.29) is 0 Å². The van der Waals surface area contributed by atoms with Gasteiger partial charge in [0.1, 0.15) is 0 Å². The lowest BCUT2D eigenvalue weighted by Crippen LogP contribution is -1.81. The molecule has 0 aromatic carbocycles. The van der Waals surface area contributed by atoms with Crippen molar-refractivity contribution in [2.75, 3.05) is 0 Å². The first kappa shape index (κ1) is 9.62. The summed E-state index contributed by atoms with van der Waals surface area (Å²) in [7, 11) is 0. The van der Waals surface area contributed by atoms with Crippen LogP contribution in [0.1, 0.15) is 25.2 Å². The zero-order valence-corrected chi connectivity index (χ0v) is 6.72. The first-order valence-corrected chi connectivity index (χ1v) is 3.47. The zero-order chi connectivity index (χ0) is 8.69. The van der Waals surface area contributed by atoms with Crippen molar-refractivity contribution in [3.05, 3.63) is 23.7 Å². The molecule has 0 radical (unpaired) electrons.